The first-order valence-corrected chi connectivity index (χ1v) is 8.18. The number of nitrogens with one attached hydrogen (secondary N) is 2. The molecule has 0 fully saturated rings. The molecule has 2 N–H and O–H groups in total. The van der Waals surface area contributed by atoms with E-state index in [2.05, 4.69) is 27.5 Å². The van der Waals surface area contributed by atoms with Gasteiger partial charge in [0, 0.05) is 23.8 Å². The van der Waals surface area contributed by atoms with Crippen LogP contribution in [0, 0.1) is 11.3 Å². The standard InChI is InChI=1S/C20H17N5O/c1-2-15-7-3-4-9-18(15)25-20-22-12-16(13-23-20)19(26)24-17-8-5-6-14(10-17)11-21/h3-10,12-13H,2H2,1H3,(H,24,26)(H,22,23,25). The summed E-state index contributed by atoms with van der Waals surface area (Å²) in [7, 11) is 0. The third-order valence-corrected chi connectivity index (χ3v) is 3.81. The van der Waals surface area contributed by atoms with Gasteiger partial charge in [0.05, 0.1) is 17.2 Å². The van der Waals surface area contributed by atoms with Gasteiger partial charge < -0.3 is 10.6 Å². The van der Waals surface area contributed by atoms with Gasteiger partial charge in [0.1, 0.15) is 0 Å². The maximum Gasteiger partial charge on any atom is 0.258 e. The van der Waals surface area contributed by atoms with Crippen LogP contribution in [0.1, 0.15) is 28.4 Å². The Morgan fingerprint density at radius 2 is 1.88 bits per heavy atom. The molecule has 26 heavy (non-hydrogen) atoms. The summed E-state index contributed by atoms with van der Waals surface area (Å²) in [6.07, 6.45) is 3.83. The molecule has 1 aromatic heterocycles. The van der Waals surface area contributed by atoms with Crippen molar-refractivity contribution in [2.24, 2.45) is 0 Å². The zero-order valence-electron chi connectivity index (χ0n) is 14.2. The van der Waals surface area contributed by atoms with Crippen LogP contribution in [0.25, 0.3) is 0 Å². The van der Waals surface area contributed by atoms with Crippen molar-refractivity contribution in [3.05, 3.63) is 77.6 Å². The van der Waals surface area contributed by atoms with Gasteiger partial charge in [-0.1, -0.05) is 31.2 Å². The zero-order valence-corrected chi connectivity index (χ0v) is 14.2. The normalized spacial score (nSPS) is 10.0. The Morgan fingerprint density at radius 3 is 2.62 bits per heavy atom. The molecule has 0 atom stereocenters. The molecule has 0 bridgehead atoms. The van der Waals surface area contributed by atoms with E-state index in [0.717, 1.165) is 17.7 Å². The lowest BCUT2D eigenvalue weighted by Gasteiger charge is -2.10. The molecule has 0 saturated heterocycles. The summed E-state index contributed by atoms with van der Waals surface area (Å²) >= 11 is 0. The average molecular weight is 343 g/mol. The Hall–Kier alpha value is -3.72. The van der Waals surface area contributed by atoms with Crippen LogP contribution >= 0.6 is 0 Å². The Balaban J connectivity index is 1.70. The average Bonchev–Trinajstić information content (AvgIpc) is 2.69. The molecule has 0 saturated carbocycles. The summed E-state index contributed by atoms with van der Waals surface area (Å²) in [6.45, 7) is 2.08. The summed E-state index contributed by atoms with van der Waals surface area (Å²) in [5.74, 6) is 0.0922. The molecule has 3 rings (SSSR count). The minimum Gasteiger partial charge on any atom is -0.324 e. The number of para-hydroxylation sites is 1. The van der Waals surface area contributed by atoms with Gasteiger partial charge in [-0.25, -0.2) is 9.97 Å². The van der Waals surface area contributed by atoms with Gasteiger partial charge in [-0.15, -0.1) is 0 Å². The lowest BCUT2D eigenvalue weighted by atomic mass is 10.1. The van der Waals surface area contributed by atoms with Gasteiger partial charge in [0.2, 0.25) is 5.95 Å². The third kappa shape index (κ3) is 4.02. The van der Waals surface area contributed by atoms with Gasteiger partial charge in [0.25, 0.3) is 5.91 Å². The summed E-state index contributed by atoms with van der Waals surface area (Å²) in [5, 5.41) is 14.8. The van der Waals surface area contributed by atoms with E-state index in [0.29, 0.717) is 22.8 Å². The molecule has 6 heteroatoms. The van der Waals surface area contributed by atoms with E-state index < -0.39 is 0 Å². The van der Waals surface area contributed by atoms with Crippen LogP contribution in [-0.2, 0) is 6.42 Å². The first-order valence-electron chi connectivity index (χ1n) is 8.18. The summed E-state index contributed by atoms with van der Waals surface area (Å²) in [6, 6.07) is 16.7. The molecule has 0 radical (unpaired) electrons. The Labute approximate surface area is 151 Å². The highest BCUT2D eigenvalue weighted by Gasteiger charge is 2.09. The number of benzene rings is 2. The number of aromatic nitrogens is 2. The molecule has 1 heterocycles. The van der Waals surface area contributed by atoms with Gasteiger partial charge in [-0.3, -0.25) is 4.79 Å². The highest BCUT2D eigenvalue weighted by molar-refractivity contribution is 6.04. The van der Waals surface area contributed by atoms with Crippen molar-refractivity contribution in [3.8, 4) is 6.07 Å². The fourth-order valence-electron chi connectivity index (χ4n) is 2.45. The lowest BCUT2D eigenvalue weighted by Crippen LogP contribution is -2.13. The van der Waals surface area contributed by atoms with E-state index in [1.165, 1.54) is 12.4 Å². The van der Waals surface area contributed by atoms with Crippen LogP contribution in [0.15, 0.2) is 60.9 Å². The van der Waals surface area contributed by atoms with E-state index in [-0.39, 0.29) is 5.91 Å². The minimum atomic E-state index is -0.333. The second-order valence-electron chi connectivity index (χ2n) is 5.58. The molecule has 0 aliphatic rings. The predicted molar refractivity (Wildman–Crippen MR) is 100 cm³/mol. The fourth-order valence-corrected chi connectivity index (χ4v) is 2.45. The molecule has 2 aromatic carbocycles. The molecule has 1 amide bonds. The number of anilines is 3. The van der Waals surface area contributed by atoms with E-state index in [4.69, 9.17) is 5.26 Å². The van der Waals surface area contributed by atoms with Gasteiger partial charge in [-0.2, -0.15) is 5.26 Å². The number of hydrogen-bond donors (Lipinski definition) is 2. The van der Waals surface area contributed by atoms with Crippen LogP contribution in [-0.4, -0.2) is 15.9 Å². The fraction of sp³-hybridized carbons (Fsp3) is 0.100. The second-order valence-corrected chi connectivity index (χ2v) is 5.58. The Kier molecular flexibility index (Phi) is 5.20. The molecular formula is C20H17N5O. The van der Waals surface area contributed by atoms with Crippen molar-refractivity contribution in [1.82, 2.24) is 9.97 Å². The van der Waals surface area contributed by atoms with Crippen molar-refractivity contribution >= 4 is 23.2 Å². The molecule has 128 valence electrons. The van der Waals surface area contributed by atoms with Gasteiger partial charge in [-0.05, 0) is 36.2 Å². The van der Waals surface area contributed by atoms with E-state index in [1.54, 1.807) is 24.3 Å². The molecule has 0 aliphatic heterocycles. The van der Waals surface area contributed by atoms with Crippen molar-refractivity contribution in [2.45, 2.75) is 13.3 Å². The quantitative estimate of drug-likeness (QED) is 0.733. The van der Waals surface area contributed by atoms with Crippen molar-refractivity contribution in [1.29, 1.82) is 5.26 Å². The maximum absolute atomic E-state index is 12.3. The number of aryl methyl sites for hydroxylation is 1. The largest absolute Gasteiger partial charge is 0.324 e. The molecule has 0 unspecified atom stereocenters. The number of nitriles is 1. The minimum absolute atomic E-state index is 0.333. The van der Waals surface area contributed by atoms with Crippen LogP contribution in [0.4, 0.5) is 17.3 Å². The molecule has 0 aliphatic carbocycles. The smallest absolute Gasteiger partial charge is 0.258 e. The second kappa shape index (κ2) is 7.90. The summed E-state index contributed by atoms with van der Waals surface area (Å²) in [5.41, 5.74) is 3.47. The Morgan fingerprint density at radius 1 is 1.12 bits per heavy atom. The molecule has 0 spiro atoms. The Bertz CT molecular complexity index is 960. The monoisotopic (exact) mass is 343 g/mol. The van der Waals surface area contributed by atoms with Crippen LogP contribution in [0.5, 0.6) is 0 Å². The highest BCUT2D eigenvalue weighted by Crippen LogP contribution is 2.19. The number of carbonyl (C=O) groups is 1. The van der Waals surface area contributed by atoms with Crippen LogP contribution in [0.2, 0.25) is 0 Å². The van der Waals surface area contributed by atoms with Crippen molar-refractivity contribution in [3.63, 3.8) is 0 Å². The van der Waals surface area contributed by atoms with Crippen molar-refractivity contribution < 1.29 is 4.79 Å². The predicted octanol–water partition coefficient (Wildman–Crippen LogP) is 3.91. The number of hydrogen-bond acceptors (Lipinski definition) is 5. The first kappa shape index (κ1) is 17.1. The maximum atomic E-state index is 12.3. The summed E-state index contributed by atoms with van der Waals surface area (Å²) < 4.78 is 0. The number of nitrogens with zero attached hydrogens (tertiary/aromatic N) is 3. The third-order valence-electron chi connectivity index (χ3n) is 3.81. The molecule has 6 nitrogen and oxygen atoms in total. The first-order chi connectivity index (χ1) is 12.7. The number of carbonyl (C=O) groups excluding carboxylic acids is 1. The van der Waals surface area contributed by atoms with Gasteiger partial charge in [0.15, 0.2) is 0 Å². The topological polar surface area (TPSA) is 90.7 Å². The van der Waals surface area contributed by atoms with Gasteiger partial charge >= 0.3 is 0 Å². The highest BCUT2D eigenvalue weighted by atomic mass is 16.1. The molecule has 3 aromatic rings. The molecular weight excluding hydrogens is 326 g/mol. The van der Waals surface area contributed by atoms with E-state index in [9.17, 15) is 4.79 Å². The van der Waals surface area contributed by atoms with E-state index >= 15 is 0 Å². The van der Waals surface area contributed by atoms with Crippen LogP contribution < -0.4 is 10.6 Å². The SMILES string of the molecule is CCc1ccccc1Nc1ncc(C(=O)Nc2cccc(C#N)c2)cn1. The number of amides is 1. The van der Waals surface area contributed by atoms with Crippen LogP contribution in [0.3, 0.4) is 0 Å². The van der Waals surface area contributed by atoms with E-state index in [1.807, 2.05) is 30.3 Å². The number of rotatable bonds is 5. The lowest BCUT2D eigenvalue weighted by molar-refractivity contribution is 0.102. The van der Waals surface area contributed by atoms with Crippen molar-refractivity contribution in [2.75, 3.05) is 10.6 Å². The zero-order chi connectivity index (χ0) is 18.4. The summed E-state index contributed by atoms with van der Waals surface area (Å²) in [4.78, 5) is 20.7.